The maximum Gasteiger partial charge on any atom is 0.338 e. The number of nitrogens with zero attached hydrogens (tertiary/aromatic N) is 1. The number of amides is 1. The van der Waals surface area contributed by atoms with Gasteiger partial charge in [0.05, 0.1) is 23.9 Å². The van der Waals surface area contributed by atoms with E-state index < -0.39 is 11.9 Å². The number of anilines is 1. The lowest BCUT2D eigenvalue weighted by atomic mass is 10.1. The third-order valence-electron chi connectivity index (χ3n) is 4.41. The van der Waals surface area contributed by atoms with Crippen LogP contribution in [-0.4, -0.2) is 43.4 Å². The standard InChI is InChI=1S/C21H21NO5S/c1-14-11-12-22(17-5-3-4-6-18(17)28-14)19(23)13-27-21(25)16-9-7-15(8-10-16)20(24)26-2/h3-10,14H,11-13H2,1-2H3. The summed E-state index contributed by atoms with van der Waals surface area (Å²) < 4.78 is 9.82. The smallest absolute Gasteiger partial charge is 0.338 e. The van der Waals surface area contributed by atoms with Crippen LogP contribution in [0.1, 0.15) is 34.1 Å². The molecule has 146 valence electrons. The third kappa shape index (κ3) is 4.54. The second-order valence-corrected chi connectivity index (χ2v) is 7.86. The Morgan fingerprint density at radius 3 is 2.36 bits per heavy atom. The first-order chi connectivity index (χ1) is 13.5. The molecule has 7 heteroatoms. The normalized spacial score (nSPS) is 15.9. The number of benzene rings is 2. The molecule has 1 atom stereocenters. The Bertz CT molecular complexity index is 881. The van der Waals surface area contributed by atoms with Gasteiger partial charge in [-0.15, -0.1) is 11.8 Å². The fraction of sp³-hybridized carbons (Fsp3) is 0.286. The van der Waals surface area contributed by atoms with Gasteiger partial charge in [0.1, 0.15) is 0 Å². The van der Waals surface area contributed by atoms with Gasteiger partial charge in [0.2, 0.25) is 0 Å². The van der Waals surface area contributed by atoms with Gasteiger partial charge in [-0.2, -0.15) is 0 Å². The van der Waals surface area contributed by atoms with Gasteiger partial charge in [-0.25, -0.2) is 9.59 Å². The first-order valence-corrected chi connectivity index (χ1v) is 9.79. The van der Waals surface area contributed by atoms with E-state index in [4.69, 9.17) is 4.74 Å². The minimum absolute atomic E-state index is 0.262. The molecule has 1 heterocycles. The van der Waals surface area contributed by atoms with Crippen LogP contribution in [-0.2, 0) is 14.3 Å². The van der Waals surface area contributed by atoms with Crippen LogP contribution in [0.5, 0.6) is 0 Å². The van der Waals surface area contributed by atoms with Crippen LogP contribution < -0.4 is 4.90 Å². The molecular formula is C21H21NO5S. The second-order valence-electron chi connectivity index (χ2n) is 6.38. The quantitative estimate of drug-likeness (QED) is 0.732. The summed E-state index contributed by atoms with van der Waals surface area (Å²) in [6, 6.07) is 13.6. The van der Waals surface area contributed by atoms with E-state index in [0.29, 0.717) is 17.4 Å². The summed E-state index contributed by atoms with van der Waals surface area (Å²) in [6.07, 6.45) is 0.855. The molecule has 28 heavy (non-hydrogen) atoms. The zero-order valence-corrected chi connectivity index (χ0v) is 16.5. The van der Waals surface area contributed by atoms with E-state index in [9.17, 15) is 14.4 Å². The summed E-state index contributed by atoms with van der Waals surface area (Å²) >= 11 is 1.74. The number of fused-ring (bicyclic) bond motifs is 1. The predicted molar refractivity (Wildman–Crippen MR) is 107 cm³/mol. The molecule has 0 aliphatic carbocycles. The van der Waals surface area contributed by atoms with E-state index in [2.05, 4.69) is 11.7 Å². The van der Waals surface area contributed by atoms with Crippen LogP contribution in [0, 0.1) is 0 Å². The molecule has 0 bridgehead atoms. The fourth-order valence-electron chi connectivity index (χ4n) is 2.89. The Kier molecular flexibility index (Phi) is 6.36. The Labute approximate surface area is 167 Å². The highest BCUT2D eigenvalue weighted by atomic mass is 32.2. The largest absolute Gasteiger partial charge is 0.465 e. The molecule has 2 aromatic carbocycles. The van der Waals surface area contributed by atoms with Crippen molar-refractivity contribution in [2.45, 2.75) is 23.5 Å². The topological polar surface area (TPSA) is 72.9 Å². The fourth-order valence-corrected chi connectivity index (χ4v) is 4.01. The molecular weight excluding hydrogens is 378 g/mol. The van der Waals surface area contributed by atoms with Gasteiger partial charge in [-0.1, -0.05) is 19.1 Å². The molecule has 1 aliphatic heterocycles. The summed E-state index contributed by atoms with van der Waals surface area (Å²) in [5, 5.41) is 0.398. The Balaban J connectivity index is 1.65. The van der Waals surface area contributed by atoms with Crippen molar-refractivity contribution in [2.75, 3.05) is 25.2 Å². The van der Waals surface area contributed by atoms with E-state index in [1.165, 1.54) is 31.4 Å². The molecule has 3 rings (SSSR count). The second kappa shape index (κ2) is 8.93. The van der Waals surface area contributed by atoms with Crippen molar-refractivity contribution in [1.29, 1.82) is 0 Å². The molecule has 0 aromatic heterocycles. The minimum atomic E-state index is -0.615. The zero-order valence-electron chi connectivity index (χ0n) is 15.7. The van der Waals surface area contributed by atoms with E-state index in [1.807, 2.05) is 24.3 Å². The average molecular weight is 399 g/mol. The molecule has 0 radical (unpaired) electrons. The Morgan fingerprint density at radius 2 is 1.68 bits per heavy atom. The highest BCUT2D eigenvalue weighted by Gasteiger charge is 2.25. The number of ether oxygens (including phenoxy) is 2. The molecule has 0 fully saturated rings. The van der Waals surface area contributed by atoms with Gasteiger partial charge >= 0.3 is 11.9 Å². The number of rotatable bonds is 4. The van der Waals surface area contributed by atoms with Gasteiger partial charge in [0.15, 0.2) is 6.61 Å². The lowest BCUT2D eigenvalue weighted by Gasteiger charge is -2.22. The predicted octanol–water partition coefficient (Wildman–Crippen LogP) is 3.55. The van der Waals surface area contributed by atoms with Crippen LogP contribution in [0.2, 0.25) is 0 Å². The lowest BCUT2D eigenvalue weighted by molar-refractivity contribution is -0.121. The average Bonchev–Trinajstić information content (AvgIpc) is 2.89. The van der Waals surface area contributed by atoms with Crippen LogP contribution in [0.3, 0.4) is 0 Å². The minimum Gasteiger partial charge on any atom is -0.465 e. The van der Waals surface area contributed by atoms with Gasteiger partial charge in [-0.3, -0.25) is 4.79 Å². The molecule has 0 saturated heterocycles. The zero-order chi connectivity index (χ0) is 20.1. The molecule has 0 N–H and O–H groups in total. The molecule has 6 nitrogen and oxygen atoms in total. The van der Waals surface area contributed by atoms with Crippen molar-refractivity contribution in [2.24, 2.45) is 0 Å². The van der Waals surface area contributed by atoms with E-state index in [0.717, 1.165) is 17.0 Å². The third-order valence-corrected chi connectivity index (χ3v) is 5.65. The Morgan fingerprint density at radius 1 is 1.04 bits per heavy atom. The lowest BCUT2D eigenvalue weighted by Crippen LogP contribution is -2.35. The molecule has 2 aromatic rings. The van der Waals surface area contributed by atoms with Gasteiger partial charge in [-0.05, 0) is 42.8 Å². The molecule has 1 amide bonds. The highest BCUT2D eigenvalue weighted by Crippen LogP contribution is 2.37. The summed E-state index contributed by atoms with van der Waals surface area (Å²) in [4.78, 5) is 39.1. The molecule has 1 aliphatic rings. The number of para-hydroxylation sites is 1. The molecule has 0 spiro atoms. The highest BCUT2D eigenvalue weighted by molar-refractivity contribution is 8.00. The van der Waals surface area contributed by atoms with E-state index >= 15 is 0 Å². The van der Waals surface area contributed by atoms with Gasteiger partial charge in [0, 0.05) is 16.7 Å². The number of carbonyl (C=O) groups excluding carboxylic acids is 3. The van der Waals surface area contributed by atoms with Crippen molar-refractivity contribution < 1.29 is 23.9 Å². The summed E-state index contributed by atoms with van der Waals surface area (Å²) in [5.74, 6) is -1.36. The maximum atomic E-state index is 12.7. The van der Waals surface area contributed by atoms with Crippen molar-refractivity contribution in [3.05, 3.63) is 59.7 Å². The first-order valence-electron chi connectivity index (χ1n) is 8.91. The summed E-state index contributed by atoms with van der Waals surface area (Å²) in [6.45, 7) is 2.37. The summed E-state index contributed by atoms with van der Waals surface area (Å²) in [7, 11) is 1.29. The monoisotopic (exact) mass is 399 g/mol. The summed E-state index contributed by atoms with van der Waals surface area (Å²) in [5.41, 5.74) is 1.45. The number of hydrogen-bond donors (Lipinski definition) is 0. The number of thioether (sulfide) groups is 1. The van der Waals surface area contributed by atoms with Crippen LogP contribution in [0.15, 0.2) is 53.4 Å². The van der Waals surface area contributed by atoms with Gasteiger partial charge in [0.25, 0.3) is 5.91 Å². The van der Waals surface area contributed by atoms with Crippen molar-refractivity contribution in [3.63, 3.8) is 0 Å². The maximum absolute atomic E-state index is 12.7. The Hall–Kier alpha value is -2.80. The number of esters is 2. The van der Waals surface area contributed by atoms with Crippen LogP contribution in [0.4, 0.5) is 5.69 Å². The van der Waals surface area contributed by atoms with Crippen molar-refractivity contribution >= 4 is 35.3 Å². The first kappa shape index (κ1) is 19.9. The number of carbonyl (C=O) groups is 3. The van der Waals surface area contributed by atoms with Crippen molar-refractivity contribution in [1.82, 2.24) is 0 Å². The number of hydrogen-bond acceptors (Lipinski definition) is 6. The molecule has 1 unspecified atom stereocenters. The SMILES string of the molecule is COC(=O)c1ccc(C(=O)OCC(=O)N2CCC(C)Sc3ccccc32)cc1. The number of methoxy groups -OCH3 is 1. The van der Waals surface area contributed by atoms with E-state index in [1.54, 1.807) is 16.7 Å². The van der Waals surface area contributed by atoms with Gasteiger partial charge < -0.3 is 14.4 Å². The van der Waals surface area contributed by atoms with Crippen molar-refractivity contribution in [3.8, 4) is 0 Å². The van der Waals surface area contributed by atoms with Crippen LogP contribution in [0.25, 0.3) is 0 Å². The van der Waals surface area contributed by atoms with Crippen LogP contribution >= 0.6 is 11.8 Å². The van der Waals surface area contributed by atoms with E-state index in [-0.39, 0.29) is 18.1 Å². The molecule has 0 saturated carbocycles.